The number of hydrogen-bond donors (Lipinski definition) is 1. The van der Waals surface area contributed by atoms with Crippen LogP contribution in [0.2, 0.25) is 0 Å². The van der Waals surface area contributed by atoms with Crippen LogP contribution in [0.25, 0.3) is 6.08 Å². The number of aliphatic imine (C=N–C) groups is 1. The number of carbonyl (C=O) groups excluding carboxylic acids is 1. The molecule has 0 spiro atoms. The van der Waals surface area contributed by atoms with Gasteiger partial charge in [0.05, 0.1) is 19.8 Å². The summed E-state index contributed by atoms with van der Waals surface area (Å²) in [6, 6.07) is 11.4. The summed E-state index contributed by atoms with van der Waals surface area (Å²) in [5.41, 5.74) is 1.05. The average molecular weight is 326 g/mol. The van der Waals surface area contributed by atoms with Crippen molar-refractivity contribution in [3.63, 3.8) is 0 Å². The second-order valence-electron chi connectivity index (χ2n) is 5.03. The van der Waals surface area contributed by atoms with Gasteiger partial charge in [-0.15, -0.1) is 0 Å². The minimum atomic E-state index is -0.447. The van der Waals surface area contributed by atoms with E-state index in [-0.39, 0.29) is 17.1 Å². The molecule has 0 radical (unpaired) electrons. The monoisotopic (exact) mass is 326 g/mol. The van der Waals surface area contributed by atoms with E-state index in [1.807, 2.05) is 0 Å². The Hall–Kier alpha value is -3.15. The van der Waals surface area contributed by atoms with Crippen molar-refractivity contribution in [2.24, 2.45) is 4.99 Å². The Morgan fingerprint density at radius 1 is 1.12 bits per heavy atom. The van der Waals surface area contributed by atoms with Crippen LogP contribution in [0.4, 0.5) is 4.39 Å². The molecule has 1 amide bonds. The largest absolute Gasteiger partial charge is 0.497 e. The van der Waals surface area contributed by atoms with Gasteiger partial charge in [0.1, 0.15) is 28.8 Å². The molecule has 1 aliphatic rings. The maximum atomic E-state index is 13.9. The Kier molecular flexibility index (Phi) is 4.29. The average Bonchev–Trinajstić information content (AvgIpc) is 2.95. The summed E-state index contributed by atoms with van der Waals surface area (Å²) in [5.74, 6) is 0.533. The molecule has 0 bridgehead atoms. The molecule has 0 aliphatic carbocycles. The van der Waals surface area contributed by atoms with Gasteiger partial charge in [-0.3, -0.25) is 4.79 Å². The fraction of sp³-hybridized carbons (Fsp3) is 0.111. The Bertz CT molecular complexity index is 859. The van der Waals surface area contributed by atoms with Crippen LogP contribution >= 0.6 is 0 Å². The van der Waals surface area contributed by atoms with Gasteiger partial charge >= 0.3 is 0 Å². The first-order chi connectivity index (χ1) is 11.6. The second-order valence-corrected chi connectivity index (χ2v) is 5.03. The van der Waals surface area contributed by atoms with Crippen molar-refractivity contribution < 1.29 is 18.7 Å². The second kappa shape index (κ2) is 6.54. The van der Waals surface area contributed by atoms with Gasteiger partial charge < -0.3 is 14.8 Å². The van der Waals surface area contributed by atoms with E-state index in [0.29, 0.717) is 17.1 Å². The molecule has 0 saturated carbocycles. The molecule has 24 heavy (non-hydrogen) atoms. The smallest absolute Gasteiger partial charge is 0.275 e. The van der Waals surface area contributed by atoms with Gasteiger partial charge in [-0.25, -0.2) is 9.38 Å². The maximum Gasteiger partial charge on any atom is 0.275 e. The summed E-state index contributed by atoms with van der Waals surface area (Å²) in [6.07, 6.45) is 1.57. The number of nitrogens with zero attached hydrogens (tertiary/aromatic N) is 1. The molecule has 1 heterocycles. The molecule has 0 saturated heterocycles. The lowest BCUT2D eigenvalue weighted by molar-refractivity contribution is -0.115. The number of carbonyl (C=O) groups is 1. The van der Waals surface area contributed by atoms with E-state index in [1.165, 1.54) is 13.2 Å². The first kappa shape index (κ1) is 15.7. The first-order valence-corrected chi connectivity index (χ1v) is 7.21. The lowest BCUT2D eigenvalue weighted by atomic mass is 10.1. The molecule has 0 unspecified atom stereocenters. The zero-order chi connectivity index (χ0) is 17.1. The summed E-state index contributed by atoms with van der Waals surface area (Å²) in [7, 11) is 3.09. The predicted molar refractivity (Wildman–Crippen MR) is 88.6 cm³/mol. The molecule has 6 heteroatoms. The lowest BCUT2D eigenvalue weighted by Gasteiger charge is -2.07. The van der Waals surface area contributed by atoms with E-state index in [9.17, 15) is 9.18 Å². The highest BCUT2D eigenvalue weighted by molar-refractivity contribution is 6.19. The SMILES string of the molecule is COc1ccc(OC)c(/C=C2\N=C(c3ccccc3F)NC2=O)c1. The molecule has 3 rings (SSSR count). The van der Waals surface area contributed by atoms with Gasteiger partial charge in [-0.1, -0.05) is 12.1 Å². The number of rotatable bonds is 4. The van der Waals surface area contributed by atoms with Crippen LogP contribution < -0.4 is 14.8 Å². The molecular formula is C18H15FN2O3. The molecule has 0 fully saturated rings. The van der Waals surface area contributed by atoms with Crippen LogP contribution in [-0.2, 0) is 4.79 Å². The molecular weight excluding hydrogens is 311 g/mol. The number of ether oxygens (including phenoxy) is 2. The van der Waals surface area contributed by atoms with Crippen molar-refractivity contribution in [3.05, 3.63) is 65.1 Å². The minimum absolute atomic E-state index is 0.166. The third-order valence-corrected chi connectivity index (χ3v) is 3.55. The van der Waals surface area contributed by atoms with Crippen LogP contribution in [0, 0.1) is 5.82 Å². The summed E-state index contributed by atoms with van der Waals surface area (Å²) >= 11 is 0. The summed E-state index contributed by atoms with van der Waals surface area (Å²) in [4.78, 5) is 16.3. The van der Waals surface area contributed by atoms with Crippen LogP contribution in [0.1, 0.15) is 11.1 Å². The van der Waals surface area contributed by atoms with E-state index in [0.717, 1.165) is 0 Å². The van der Waals surface area contributed by atoms with Gasteiger partial charge in [0.2, 0.25) is 0 Å². The highest BCUT2D eigenvalue weighted by Gasteiger charge is 2.23. The van der Waals surface area contributed by atoms with Gasteiger partial charge in [0, 0.05) is 5.56 Å². The minimum Gasteiger partial charge on any atom is -0.497 e. The van der Waals surface area contributed by atoms with Gasteiger partial charge in [0.25, 0.3) is 5.91 Å². The third-order valence-electron chi connectivity index (χ3n) is 3.55. The predicted octanol–water partition coefficient (Wildman–Crippen LogP) is 2.76. The van der Waals surface area contributed by atoms with E-state index in [1.54, 1.807) is 49.6 Å². The van der Waals surface area contributed by atoms with Gasteiger partial charge in [-0.05, 0) is 36.4 Å². The highest BCUT2D eigenvalue weighted by atomic mass is 19.1. The molecule has 0 aromatic heterocycles. The molecule has 1 aliphatic heterocycles. The van der Waals surface area contributed by atoms with Crippen molar-refractivity contribution >= 4 is 17.8 Å². The Morgan fingerprint density at radius 3 is 2.62 bits per heavy atom. The van der Waals surface area contributed by atoms with Crippen LogP contribution in [0.5, 0.6) is 11.5 Å². The molecule has 2 aromatic carbocycles. The number of halogens is 1. The molecule has 2 aromatic rings. The molecule has 5 nitrogen and oxygen atoms in total. The number of amides is 1. The normalized spacial score (nSPS) is 15.2. The fourth-order valence-corrected chi connectivity index (χ4v) is 2.35. The number of benzene rings is 2. The number of hydrogen-bond acceptors (Lipinski definition) is 4. The van der Waals surface area contributed by atoms with Gasteiger partial charge in [-0.2, -0.15) is 0 Å². The topological polar surface area (TPSA) is 59.9 Å². The molecule has 1 N–H and O–H groups in total. The fourth-order valence-electron chi connectivity index (χ4n) is 2.35. The zero-order valence-electron chi connectivity index (χ0n) is 13.2. The van der Waals surface area contributed by atoms with Gasteiger partial charge in [0.15, 0.2) is 0 Å². The molecule has 122 valence electrons. The van der Waals surface area contributed by atoms with E-state index in [4.69, 9.17) is 9.47 Å². The quantitative estimate of drug-likeness (QED) is 0.879. The lowest BCUT2D eigenvalue weighted by Crippen LogP contribution is -2.25. The van der Waals surface area contributed by atoms with E-state index >= 15 is 0 Å². The van der Waals surface area contributed by atoms with Crippen molar-refractivity contribution in [2.45, 2.75) is 0 Å². The number of methoxy groups -OCH3 is 2. The Labute approximate surface area is 138 Å². The first-order valence-electron chi connectivity index (χ1n) is 7.21. The van der Waals surface area contributed by atoms with Crippen LogP contribution in [-0.4, -0.2) is 26.0 Å². The van der Waals surface area contributed by atoms with Crippen LogP contribution in [0.15, 0.2) is 53.2 Å². The number of amidine groups is 1. The van der Waals surface area contributed by atoms with Crippen molar-refractivity contribution in [1.29, 1.82) is 0 Å². The Balaban J connectivity index is 2.02. The summed E-state index contributed by atoms with van der Waals surface area (Å²) in [5, 5.41) is 2.58. The summed E-state index contributed by atoms with van der Waals surface area (Å²) in [6.45, 7) is 0. The Morgan fingerprint density at radius 2 is 1.92 bits per heavy atom. The van der Waals surface area contributed by atoms with Crippen LogP contribution in [0.3, 0.4) is 0 Å². The molecule has 0 atom stereocenters. The van der Waals surface area contributed by atoms with Crippen molar-refractivity contribution in [2.75, 3.05) is 14.2 Å². The van der Waals surface area contributed by atoms with E-state index < -0.39 is 11.7 Å². The number of nitrogens with one attached hydrogen (secondary N) is 1. The maximum absolute atomic E-state index is 13.9. The van der Waals surface area contributed by atoms with E-state index in [2.05, 4.69) is 10.3 Å². The van der Waals surface area contributed by atoms with Crippen molar-refractivity contribution in [1.82, 2.24) is 5.32 Å². The third kappa shape index (κ3) is 2.99. The zero-order valence-corrected chi connectivity index (χ0v) is 13.2. The summed E-state index contributed by atoms with van der Waals surface area (Å²) < 4.78 is 24.3. The van der Waals surface area contributed by atoms with Crippen molar-refractivity contribution in [3.8, 4) is 11.5 Å². The standard InChI is InChI=1S/C18H15FN2O3/c1-23-12-7-8-16(24-2)11(9-12)10-15-18(22)21-17(20-15)13-5-3-4-6-14(13)19/h3-10H,1-2H3,(H,20,21,22)/b15-10-. The highest BCUT2D eigenvalue weighted by Crippen LogP contribution is 2.27.